The summed E-state index contributed by atoms with van der Waals surface area (Å²) in [6, 6.07) is 10.6. The number of amides is 1. The zero-order chi connectivity index (χ0) is 19.6. The number of benzene rings is 1. The number of hydrogen-bond donors (Lipinski definition) is 1. The number of nitrogens with one attached hydrogen (secondary N) is 1. The number of nitrogens with zero attached hydrogens (tertiary/aromatic N) is 3. The summed E-state index contributed by atoms with van der Waals surface area (Å²) in [7, 11) is -3.71. The Labute approximate surface area is 164 Å². The van der Waals surface area contributed by atoms with E-state index < -0.39 is 10.0 Å². The number of likely N-dealkylation sites (tertiary alicyclic amines) is 1. The van der Waals surface area contributed by atoms with Crippen molar-refractivity contribution in [3.8, 4) is 0 Å². The van der Waals surface area contributed by atoms with Crippen LogP contribution in [0.5, 0.6) is 0 Å². The van der Waals surface area contributed by atoms with Gasteiger partial charge in [0.15, 0.2) is 0 Å². The molecule has 0 bridgehead atoms. The maximum atomic E-state index is 12.7. The Bertz CT molecular complexity index is 1010. The third-order valence-corrected chi connectivity index (χ3v) is 6.53. The Hall–Kier alpha value is -2.74. The molecular formula is C20H22N4O3S. The zero-order valence-electron chi connectivity index (χ0n) is 15.4. The molecule has 28 heavy (non-hydrogen) atoms. The molecule has 3 heterocycles. The molecule has 146 valence electrons. The molecule has 2 aliphatic rings. The molecule has 0 saturated carbocycles. The lowest BCUT2D eigenvalue weighted by Gasteiger charge is -2.34. The number of para-hydroxylation sites is 1. The maximum Gasteiger partial charge on any atom is 0.286 e. The summed E-state index contributed by atoms with van der Waals surface area (Å²) in [5.74, 6) is 0.410. The minimum Gasteiger partial charge on any atom is -0.342 e. The monoisotopic (exact) mass is 398 g/mol. The second-order valence-corrected chi connectivity index (χ2v) is 8.68. The van der Waals surface area contributed by atoms with Gasteiger partial charge in [-0.3, -0.25) is 9.78 Å². The highest BCUT2D eigenvalue weighted by atomic mass is 32.2. The van der Waals surface area contributed by atoms with Crippen LogP contribution in [0.25, 0.3) is 0 Å². The van der Waals surface area contributed by atoms with E-state index in [1.807, 2.05) is 17.0 Å². The number of aromatic nitrogens is 1. The van der Waals surface area contributed by atoms with E-state index in [1.54, 1.807) is 36.7 Å². The van der Waals surface area contributed by atoms with Crippen LogP contribution >= 0.6 is 0 Å². The summed E-state index contributed by atoms with van der Waals surface area (Å²) >= 11 is 0. The van der Waals surface area contributed by atoms with Crippen LogP contribution in [0.2, 0.25) is 0 Å². The number of piperidine rings is 1. The van der Waals surface area contributed by atoms with E-state index in [4.69, 9.17) is 0 Å². The second-order valence-electron chi connectivity index (χ2n) is 7.11. The predicted molar refractivity (Wildman–Crippen MR) is 107 cm³/mol. The number of carbonyl (C=O) groups excluding carboxylic acids is 1. The van der Waals surface area contributed by atoms with E-state index in [1.165, 1.54) is 0 Å². The SMILES string of the molecule is O=C(CCc1ccncc1)N1CCCC(C2=NS(=O)(=O)c3ccccc3N2)C1. The highest BCUT2D eigenvalue weighted by Gasteiger charge is 2.32. The van der Waals surface area contributed by atoms with Gasteiger partial charge >= 0.3 is 0 Å². The van der Waals surface area contributed by atoms with E-state index in [-0.39, 0.29) is 16.7 Å². The quantitative estimate of drug-likeness (QED) is 0.854. The highest BCUT2D eigenvalue weighted by molar-refractivity contribution is 7.90. The number of carbonyl (C=O) groups is 1. The number of rotatable bonds is 4. The van der Waals surface area contributed by atoms with Crippen molar-refractivity contribution >= 4 is 27.5 Å². The Morgan fingerprint density at radius 1 is 1.18 bits per heavy atom. The Morgan fingerprint density at radius 3 is 2.79 bits per heavy atom. The van der Waals surface area contributed by atoms with Gasteiger partial charge in [0, 0.05) is 37.8 Å². The van der Waals surface area contributed by atoms with E-state index >= 15 is 0 Å². The third kappa shape index (κ3) is 3.91. The molecule has 1 atom stereocenters. The lowest BCUT2D eigenvalue weighted by Crippen LogP contribution is -2.44. The van der Waals surface area contributed by atoms with Crippen LogP contribution in [0.4, 0.5) is 5.69 Å². The molecule has 1 fully saturated rings. The van der Waals surface area contributed by atoms with Gasteiger partial charge in [-0.2, -0.15) is 8.42 Å². The molecule has 7 nitrogen and oxygen atoms in total. The van der Waals surface area contributed by atoms with E-state index in [9.17, 15) is 13.2 Å². The van der Waals surface area contributed by atoms with Gasteiger partial charge in [0.1, 0.15) is 10.7 Å². The molecule has 1 amide bonds. The molecule has 1 unspecified atom stereocenters. The van der Waals surface area contributed by atoms with Crippen LogP contribution in [0.15, 0.2) is 58.1 Å². The smallest absolute Gasteiger partial charge is 0.286 e. The zero-order valence-corrected chi connectivity index (χ0v) is 16.2. The van der Waals surface area contributed by atoms with Crippen LogP contribution in [0.3, 0.4) is 0 Å². The third-order valence-electron chi connectivity index (χ3n) is 5.18. The lowest BCUT2D eigenvalue weighted by atomic mass is 9.96. The predicted octanol–water partition coefficient (Wildman–Crippen LogP) is 2.47. The van der Waals surface area contributed by atoms with Crippen molar-refractivity contribution in [2.24, 2.45) is 10.3 Å². The molecule has 1 aromatic heterocycles. The van der Waals surface area contributed by atoms with Gasteiger partial charge in [0.2, 0.25) is 5.91 Å². The van der Waals surface area contributed by atoms with E-state index in [0.29, 0.717) is 37.5 Å². The molecule has 2 aliphatic heterocycles. The van der Waals surface area contributed by atoms with Gasteiger partial charge in [-0.25, -0.2) is 0 Å². The summed E-state index contributed by atoms with van der Waals surface area (Å²) in [5, 5.41) is 3.17. The van der Waals surface area contributed by atoms with Crippen LogP contribution < -0.4 is 5.32 Å². The summed E-state index contributed by atoms with van der Waals surface area (Å²) in [6.45, 7) is 1.18. The number of aryl methyl sites for hydroxylation is 1. The largest absolute Gasteiger partial charge is 0.342 e. The van der Waals surface area contributed by atoms with Crippen molar-refractivity contribution in [3.63, 3.8) is 0 Å². The van der Waals surface area contributed by atoms with Crippen LogP contribution in [0, 0.1) is 5.92 Å². The number of anilines is 1. The van der Waals surface area contributed by atoms with Crippen molar-refractivity contribution < 1.29 is 13.2 Å². The second kappa shape index (κ2) is 7.71. The molecule has 2 aromatic rings. The number of sulfonamides is 1. The van der Waals surface area contributed by atoms with Gasteiger partial charge in [-0.1, -0.05) is 12.1 Å². The first-order valence-corrected chi connectivity index (χ1v) is 10.8. The number of amidine groups is 1. The molecule has 0 spiro atoms. The fraction of sp³-hybridized carbons (Fsp3) is 0.350. The van der Waals surface area contributed by atoms with Crippen LogP contribution in [-0.4, -0.2) is 43.1 Å². The summed E-state index contributed by atoms with van der Waals surface area (Å²) < 4.78 is 29.0. The van der Waals surface area contributed by atoms with Gasteiger partial charge in [0.25, 0.3) is 10.0 Å². The molecule has 1 aromatic carbocycles. The molecule has 1 N–H and O–H groups in total. The first kappa shape index (κ1) is 18.6. The van der Waals surface area contributed by atoms with Crippen molar-refractivity contribution in [3.05, 3.63) is 54.4 Å². The number of pyridine rings is 1. The lowest BCUT2D eigenvalue weighted by molar-refractivity contribution is -0.132. The average molecular weight is 398 g/mol. The average Bonchev–Trinajstić information content (AvgIpc) is 2.72. The van der Waals surface area contributed by atoms with Gasteiger partial charge in [-0.05, 0) is 49.1 Å². The molecule has 0 radical (unpaired) electrons. The van der Waals surface area contributed by atoms with Gasteiger partial charge in [-0.15, -0.1) is 4.40 Å². The first-order valence-electron chi connectivity index (χ1n) is 9.40. The standard InChI is InChI=1S/C20H22N4O3S/c25-19(8-7-15-9-11-21-12-10-15)24-13-3-4-16(14-24)20-22-17-5-1-2-6-18(17)28(26,27)23-20/h1-2,5-6,9-12,16H,3-4,7-8,13-14H2,(H,22,23). The highest BCUT2D eigenvalue weighted by Crippen LogP contribution is 2.30. The van der Waals surface area contributed by atoms with Gasteiger partial charge < -0.3 is 10.2 Å². The Morgan fingerprint density at radius 2 is 1.96 bits per heavy atom. The van der Waals surface area contributed by atoms with Crippen LogP contribution in [0.1, 0.15) is 24.8 Å². The molecule has 4 rings (SSSR count). The minimum absolute atomic E-state index is 0.0844. The van der Waals surface area contributed by atoms with Crippen molar-refractivity contribution in [1.82, 2.24) is 9.88 Å². The Balaban J connectivity index is 1.44. The van der Waals surface area contributed by atoms with Gasteiger partial charge in [0.05, 0.1) is 5.69 Å². The maximum absolute atomic E-state index is 12.7. The summed E-state index contributed by atoms with van der Waals surface area (Å²) in [6.07, 6.45) is 6.18. The molecular weight excluding hydrogens is 376 g/mol. The van der Waals surface area contributed by atoms with E-state index in [0.717, 1.165) is 18.4 Å². The van der Waals surface area contributed by atoms with Crippen molar-refractivity contribution in [1.29, 1.82) is 0 Å². The van der Waals surface area contributed by atoms with E-state index in [2.05, 4.69) is 14.7 Å². The number of fused-ring (bicyclic) bond motifs is 1. The fourth-order valence-corrected chi connectivity index (χ4v) is 4.90. The topological polar surface area (TPSA) is 91.7 Å². The van der Waals surface area contributed by atoms with Crippen molar-refractivity contribution in [2.75, 3.05) is 18.4 Å². The normalized spacial score (nSPS) is 20.6. The summed E-state index contributed by atoms with van der Waals surface area (Å²) in [5.41, 5.74) is 1.63. The Kier molecular flexibility index (Phi) is 5.13. The van der Waals surface area contributed by atoms with Crippen LogP contribution in [-0.2, 0) is 21.2 Å². The minimum atomic E-state index is -3.71. The first-order chi connectivity index (χ1) is 13.5. The number of hydrogen-bond acceptors (Lipinski definition) is 5. The molecule has 0 aliphatic carbocycles. The molecule has 1 saturated heterocycles. The summed E-state index contributed by atoms with van der Waals surface area (Å²) in [4.78, 5) is 18.7. The fourth-order valence-electron chi connectivity index (χ4n) is 3.70. The van der Waals surface area contributed by atoms with Crippen molar-refractivity contribution in [2.45, 2.75) is 30.6 Å². The molecule has 8 heteroatoms.